The van der Waals surface area contributed by atoms with Gasteiger partial charge in [0.25, 0.3) is 5.91 Å². The SMILES string of the molecule is CC(=O)NC(CC(=O)N=c1sccn1Cc1ccccc1)c1ccccc1. The molecule has 0 saturated heterocycles. The Labute approximate surface area is 162 Å². The number of carbonyl (C=O) groups excluding carboxylic acids is 2. The second-order valence-corrected chi connectivity index (χ2v) is 7.05. The van der Waals surface area contributed by atoms with Crippen LogP contribution in [-0.4, -0.2) is 16.4 Å². The molecule has 1 atom stereocenters. The van der Waals surface area contributed by atoms with Crippen LogP contribution in [0.5, 0.6) is 0 Å². The number of nitrogens with zero attached hydrogens (tertiary/aromatic N) is 2. The fourth-order valence-corrected chi connectivity index (χ4v) is 3.54. The number of nitrogens with one attached hydrogen (secondary N) is 1. The molecule has 3 rings (SSSR count). The van der Waals surface area contributed by atoms with Crippen molar-refractivity contribution in [2.75, 3.05) is 0 Å². The normalized spacial score (nSPS) is 12.6. The number of amides is 2. The van der Waals surface area contributed by atoms with Gasteiger partial charge >= 0.3 is 0 Å². The van der Waals surface area contributed by atoms with E-state index in [1.807, 2.05) is 76.8 Å². The topological polar surface area (TPSA) is 63.5 Å². The summed E-state index contributed by atoms with van der Waals surface area (Å²) in [6.07, 6.45) is 2.04. The van der Waals surface area contributed by atoms with E-state index >= 15 is 0 Å². The Bertz CT molecular complexity index is 962. The van der Waals surface area contributed by atoms with Gasteiger partial charge < -0.3 is 9.88 Å². The molecule has 3 aromatic rings. The Morgan fingerprint density at radius 3 is 2.41 bits per heavy atom. The fraction of sp³-hybridized carbons (Fsp3) is 0.190. The smallest absolute Gasteiger partial charge is 0.250 e. The molecule has 6 heteroatoms. The minimum atomic E-state index is -0.387. The number of aromatic nitrogens is 1. The summed E-state index contributed by atoms with van der Waals surface area (Å²) in [6, 6.07) is 19.1. The molecule has 2 amide bonds. The van der Waals surface area contributed by atoms with Gasteiger partial charge in [0.2, 0.25) is 5.91 Å². The second kappa shape index (κ2) is 9.09. The monoisotopic (exact) mass is 379 g/mol. The molecule has 0 aliphatic rings. The molecule has 0 aliphatic heterocycles. The molecular formula is C21H21N3O2S. The molecule has 138 valence electrons. The number of hydrogen-bond acceptors (Lipinski definition) is 3. The predicted octanol–water partition coefficient (Wildman–Crippen LogP) is 3.29. The Kier molecular flexibility index (Phi) is 6.33. The van der Waals surface area contributed by atoms with Crippen LogP contribution in [0.25, 0.3) is 0 Å². The molecular weight excluding hydrogens is 358 g/mol. The standard InChI is InChI=1S/C21H21N3O2S/c1-16(25)22-19(18-10-6-3-7-11-18)14-20(26)23-21-24(12-13-27-21)15-17-8-4-2-5-9-17/h2-13,19H,14-15H2,1H3,(H,22,25). The van der Waals surface area contributed by atoms with Gasteiger partial charge in [0, 0.05) is 25.0 Å². The van der Waals surface area contributed by atoms with Crippen molar-refractivity contribution in [3.05, 3.63) is 88.2 Å². The molecule has 0 saturated carbocycles. The van der Waals surface area contributed by atoms with Gasteiger partial charge in [-0.3, -0.25) is 9.59 Å². The highest BCUT2D eigenvalue weighted by atomic mass is 32.1. The minimum absolute atomic E-state index is 0.118. The highest BCUT2D eigenvalue weighted by Gasteiger charge is 2.16. The number of thiazole rings is 1. The molecule has 0 radical (unpaired) electrons. The maximum absolute atomic E-state index is 12.6. The Morgan fingerprint density at radius 2 is 1.74 bits per heavy atom. The first-order chi connectivity index (χ1) is 13.1. The zero-order chi connectivity index (χ0) is 19.1. The molecule has 1 unspecified atom stereocenters. The highest BCUT2D eigenvalue weighted by molar-refractivity contribution is 7.07. The van der Waals surface area contributed by atoms with E-state index in [1.165, 1.54) is 18.3 Å². The molecule has 1 N–H and O–H groups in total. The predicted molar refractivity (Wildman–Crippen MR) is 106 cm³/mol. The number of rotatable bonds is 6. The van der Waals surface area contributed by atoms with Crippen LogP contribution in [0.2, 0.25) is 0 Å². The maximum atomic E-state index is 12.6. The third-order valence-electron chi connectivity index (χ3n) is 4.03. The maximum Gasteiger partial charge on any atom is 0.250 e. The summed E-state index contributed by atoms with van der Waals surface area (Å²) in [6.45, 7) is 2.11. The third kappa shape index (κ3) is 5.49. The first-order valence-corrected chi connectivity index (χ1v) is 9.57. The number of carbonyl (C=O) groups is 2. The summed E-state index contributed by atoms with van der Waals surface area (Å²) in [5, 5.41) is 4.75. The Hall–Kier alpha value is -2.99. The Balaban J connectivity index is 1.77. The van der Waals surface area contributed by atoms with Crippen molar-refractivity contribution < 1.29 is 9.59 Å². The zero-order valence-electron chi connectivity index (χ0n) is 15.0. The van der Waals surface area contributed by atoms with Gasteiger partial charge in [-0.25, -0.2) is 0 Å². The van der Waals surface area contributed by atoms with Crippen molar-refractivity contribution in [2.24, 2.45) is 4.99 Å². The lowest BCUT2D eigenvalue weighted by Gasteiger charge is -2.16. The van der Waals surface area contributed by atoms with E-state index in [-0.39, 0.29) is 24.3 Å². The van der Waals surface area contributed by atoms with Crippen LogP contribution in [0, 0.1) is 0 Å². The number of hydrogen-bond donors (Lipinski definition) is 1. The van der Waals surface area contributed by atoms with Crippen LogP contribution < -0.4 is 10.1 Å². The van der Waals surface area contributed by atoms with Gasteiger partial charge in [-0.05, 0) is 11.1 Å². The second-order valence-electron chi connectivity index (χ2n) is 6.17. The van der Waals surface area contributed by atoms with Crippen molar-refractivity contribution >= 4 is 23.2 Å². The van der Waals surface area contributed by atoms with Crippen LogP contribution >= 0.6 is 11.3 Å². The van der Waals surface area contributed by atoms with E-state index in [4.69, 9.17) is 0 Å². The van der Waals surface area contributed by atoms with E-state index in [2.05, 4.69) is 10.3 Å². The molecule has 0 fully saturated rings. The van der Waals surface area contributed by atoms with Crippen LogP contribution in [-0.2, 0) is 16.1 Å². The van der Waals surface area contributed by atoms with Gasteiger partial charge in [0.1, 0.15) is 0 Å². The molecule has 0 aliphatic carbocycles. The minimum Gasteiger partial charge on any atom is -0.349 e. The first-order valence-electron chi connectivity index (χ1n) is 8.69. The lowest BCUT2D eigenvalue weighted by molar-refractivity contribution is -0.121. The van der Waals surface area contributed by atoms with Gasteiger partial charge in [0.15, 0.2) is 4.80 Å². The third-order valence-corrected chi connectivity index (χ3v) is 4.83. The lowest BCUT2D eigenvalue weighted by atomic mass is 10.0. The van der Waals surface area contributed by atoms with Gasteiger partial charge in [0.05, 0.1) is 12.5 Å². The van der Waals surface area contributed by atoms with Gasteiger partial charge in [-0.1, -0.05) is 60.7 Å². The van der Waals surface area contributed by atoms with Gasteiger partial charge in [-0.2, -0.15) is 4.99 Å². The Morgan fingerprint density at radius 1 is 1.07 bits per heavy atom. The van der Waals surface area contributed by atoms with E-state index in [0.29, 0.717) is 11.3 Å². The lowest BCUT2D eigenvalue weighted by Crippen LogP contribution is -2.28. The van der Waals surface area contributed by atoms with E-state index in [0.717, 1.165) is 11.1 Å². The van der Waals surface area contributed by atoms with Crippen LogP contribution in [0.15, 0.2) is 77.2 Å². The molecule has 2 aromatic carbocycles. The molecule has 0 spiro atoms. The summed E-state index contributed by atoms with van der Waals surface area (Å²) in [4.78, 5) is 29.0. The molecule has 1 heterocycles. The van der Waals surface area contributed by atoms with E-state index in [9.17, 15) is 9.59 Å². The van der Waals surface area contributed by atoms with Crippen molar-refractivity contribution in [3.63, 3.8) is 0 Å². The quantitative estimate of drug-likeness (QED) is 0.714. The van der Waals surface area contributed by atoms with Crippen LogP contribution in [0.3, 0.4) is 0 Å². The van der Waals surface area contributed by atoms with Crippen LogP contribution in [0.1, 0.15) is 30.5 Å². The van der Waals surface area contributed by atoms with Crippen molar-refractivity contribution in [1.82, 2.24) is 9.88 Å². The van der Waals surface area contributed by atoms with E-state index in [1.54, 1.807) is 0 Å². The van der Waals surface area contributed by atoms with Crippen molar-refractivity contribution in [3.8, 4) is 0 Å². The first kappa shape index (κ1) is 18.8. The zero-order valence-corrected chi connectivity index (χ0v) is 15.9. The summed E-state index contributed by atoms with van der Waals surface area (Å²) in [5.41, 5.74) is 2.03. The van der Waals surface area contributed by atoms with Gasteiger partial charge in [-0.15, -0.1) is 11.3 Å². The van der Waals surface area contributed by atoms with Crippen molar-refractivity contribution in [1.29, 1.82) is 0 Å². The average molecular weight is 379 g/mol. The molecule has 0 bridgehead atoms. The van der Waals surface area contributed by atoms with E-state index < -0.39 is 0 Å². The summed E-state index contributed by atoms with van der Waals surface area (Å²) in [5.74, 6) is -0.436. The largest absolute Gasteiger partial charge is 0.349 e. The fourth-order valence-electron chi connectivity index (χ4n) is 2.80. The average Bonchev–Trinajstić information content (AvgIpc) is 3.09. The number of benzene rings is 2. The molecule has 1 aromatic heterocycles. The highest BCUT2D eigenvalue weighted by Crippen LogP contribution is 2.17. The summed E-state index contributed by atoms with van der Waals surface area (Å²) in [7, 11) is 0. The molecule has 27 heavy (non-hydrogen) atoms. The summed E-state index contributed by atoms with van der Waals surface area (Å²) < 4.78 is 1.95. The van der Waals surface area contributed by atoms with Crippen molar-refractivity contribution in [2.45, 2.75) is 25.9 Å². The molecule has 5 nitrogen and oxygen atoms in total. The summed E-state index contributed by atoms with van der Waals surface area (Å²) >= 11 is 1.42. The van der Waals surface area contributed by atoms with Crippen LogP contribution in [0.4, 0.5) is 0 Å².